The fraction of sp³-hybridized carbons (Fsp3) is 0.250. The van der Waals surface area contributed by atoms with Gasteiger partial charge in [0.05, 0.1) is 23.6 Å². The van der Waals surface area contributed by atoms with E-state index < -0.39 is 5.56 Å². The van der Waals surface area contributed by atoms with Crippen LogP contribution in [0.1, 0.15) is 31.0 Å². The molecular weight excluding hydrogens is 294 g/mol. The van der Waals surface area contributed by atoms with Gasteiger partial charge in [0.1, 0.15) is 11.6 Å². The van der Waals surface area contributed by atoms with Crippen LogP contribution in [0.3, 0.4) is 0 Å². The summed E-state index contributed by atoms with van der Waals surface area (Å²) in [5, 5.41) is 13.5. The summed E-state index contributed by atoms with van der Waals surface area (Å²) in [6.07, 6.45) is 5.25. The van der Waals surface area contributed by atoms with Crippen LogP contribution in [0.5, 0.6) is 0 Å². The third-order valence-corrected chi connectivity index (χ3v) is 3.64. The first-order valence-corrected chi connectivity index (χ1v) is 7.19. The predicted octanol–water partition coefficient (Wildman–Crippen LogP) is 1.39. The summed E-state index contributed by atoms with van der Waals surface area (Å²) in [7, 11) is 0. The lowest BCUT2D eigenvalue weighted by atomic mass is 10.2. The van der Waals surface area contributed by atoms with Gasteiger partial charge in [-0.1, -0.05) is 0 Å². The minimum atomic E-state index is -0.490. The number of nitriles is 1. The third kappa shape index (κ3) is 2.66. The van der Waals surface area contributed by atoms with E-state index in [1.807, 2.05) is 24.7 Å². The molecule has 0 fully saturated rings. The molecule has 3 rings (SSSR count). The van der Waals surface area contributed by atoms with Crippen LogP contribution in [0.15, 0.2) is 40.3 Å². The van der Waals surface area contributed by atoms with Gasteiger partial charge in [0.25, 0.3) is 11.1 Å². The van der Waals surface area contributed by atoms with E-state index in [1.54, 1.807) is 24.5 Å². The molecule has 3 heterocycles. The van der Waals surface area contributed by atoms with E-state index >= 15 is 0 Å². The van der Waals surface area contributed by atoms with Gasteiger partial charge in [-0.15, -0.1) is 0 Å². The number of fused-ring (bicyclic) bond motifs is 1. The Bertz CT molecular complexity index is 1030. The van der Waals surface area contributed by atoms with E-state index in [0.717, 1.165) is 5.56 Å². The lowest BCUT2D eigenvalue weighted by Crippen LogP contribution is -2.22. The molecular formula is C16H15N5O2. The van der Waals surface area contributed by atoms with Crippen molar-refractivity contribution in [3.8, 4) is 6.07 Å². The fourth-order valence-electron chi connectivity index (χ4n) is 2.39. The van der Waals surface area contributed by atoms with Crippen molar-refractivity contribution in [2.75, 3.05) is 0 Å². The Morgan fingerprint density at radius 2 is 2.17 bits per heavy atom. The molecule has 3 aromatic rings. The highest BCUT2D eigenvalue weighted by Gasteiger charge is 2.09. The quantitative estimate of drug-likeness (QED) is 0.790. The number of aromatic amines is 1. The second-order valence-electron chi connectivity index (χ2n) is 5.62. The summed E-state index contributed by atoms with van der Waals surface area (Å²) >= 11 is 0. The van der Waals surface area contributed by atoms with Crippen LogP contribution in [-0.4, -0.2) is 19.3 Å². The molecule has 7 nitrogen and oxygen atoms in total. The lowest BCUT2D eigenvalue weighted by molar-refractivity contribution is 0.532. The van der Waals surface area contributed by atoms with Crippen molar-refractivity contribution < 1.29 is 0 Å². The van der Waals surface area contributed by atoms with E-state index in [0.29, 0.717) is 17.4 Å². The van der Waals surface area contributed by atoms with Crippen LogP contribution in [-0.2, 0) is 6.54 Å². The van der Waals surface area contributed by atoms with Gasteiger partial charge in [0, 0.05) is 24.0 Å². The first-order valence-electron chi connectivity index (χ1n) is 7.19. The zero-order valence-corrected chi connectivity index (χ0v) is 12.8. The van der Waals surface area contributed by atoms with Crippen molar-refractivity contribution in [3.63, 3.8) is 0 Å². The Balaban J connectivity index is 2.06. The first-order chi connectivity index (χ1) is 11.0. The lowest BCUT2D eigenvalue weighted by Gasteiger charge is -2.06. The van der Waals surface area contributed by atoms with E-state index in [-0.39, 0.29) is 17.2 Å². The Morgan fingerprint density at radius 1 is 1.39 bits per heavy atom. The summed E-state index contributed by atoms with van der Waals surface area (Å²) in [6.45, 7) is 4.43. The van der Waals surface area contributed by atoms with E-state index in [1.165, 1.54) is 10.6 Å². The molecule has 0 amide bonds. The molecule has 0 bridgehead atoms. The molecule has 1 N–H and O–H groups in total. The molecule has 0 aliphatic carbocycles. The standard InChI is InChI=1S/C16H15N5O2/c1-10(2)21-9-11(7-18-21)8-20-4-3-14-13(16(20)23)5-12(6-17)15(22)19-14/h3-5,7,9-10H,8H2,1-2H3,(H,19,22). The van der Waals surface area contributed by atoms with Gasteiger partial charge in [0.15, 0.2) is 0 Å². The van der Waals surface area contributed by atoms with Crippen LogP contribution in [0.2, 0.25) is 0 Å². The van der Waals surface area contributed by atoms with Crippen LogP contribution in [0.4, 0.5) is 0 Å². The predicted molar refractivity (Wildman–Crippen MR) is 85.3 cm³/mol. The summed E-state index contributed by atoms with van der Waals surface area (Å²) in [5.74, 6) is 0. The Morgan fingerprint density at radius 3 is 2.83 bits per heavy atom. The van der Waals surface area contributed by atoms with E-state index in [9.17, 15) is 9.59 Å². The van der Waals surface area contributed by atoms with Crippen LogP contribution in [0, 0.1) is 11.3 Å². The average molecular weight is 309 g/mol. The number of rotatable bonds is 3. The van der Waals surface area contributed by atoms with Crippen molar-refractivity contribution in [2.45, 2.75) is 26.4 Å². The minimum Gasteiger partial charge on any atom is -0.321 e. The second-order valence-corrected chi connectivity index (χ2v) is 5.62. The number of pyridine rings is 2. The van der Waals surface area contributed by atoms with Crippen molar-refractivity contribution in [1.29, 1.82) is 5.26 Å². The first kappa shape index (κ1) is 14.8. The number of hydrogen-bond acceptors (Lipinski definition) is 4. The Kier molecular flexibility index (Phi) is 3.58. The molecule has 0 aliphatic rings. The van der Waals surface area contributed by atoms with Crippen molar-refractivity contribution >= 4 is 10.9 Å². The van der Waals surface area contributed by atoms with Gasteiger partial charge in [-0.25, -0.2) is 0 Å². The smallest absolute Gasteiger partial charge is 0.266 e. The van der Waals surface area contributed by atoms with Gasteiger partial charge in [-0.05, 0) is 26.0 Å². The van der Waals surface area contributed by atoms with Gasteiger partial charge in [0.2, 0.25) is 0 Å². The molecule has 0 aromatic carbocycles. The molecule has 0 unspecified atom stereocenters. The molecule has 0 aliphatic heterocycles. The van der Waals surface area contributed by atoms with Gasteiger partial charge in [-0.3, -0.25) is 14.3 Å². The Hall–Kier alpha value is -3.14. The summed E-state index contributed by atoms with van der Waals surface area (Å²) in [4.78, 5) is 26.7. The van der Waals surface area contributed by atoms with Crippen molar-refractivity contribution in [3.05, 3.63) is 62.6 Å². The highest BCUT2D eigenvalue weighted by molar-refractivity contribution is 5.78. The zero-order chi connectivity index (χ0) is 16.6. The fourth-order valence-corrected chi connectivity index (χ4v) is 2.39. The topological polar surface area (TPSA) is 96.5 Å². The second kappa shape index (κ2) is 5.57. The number of hydrogen-bond donors (Lipinski definition) is 1. The molecule has 0 spiro atoms. The molecule has 116 valence electrons. The van der Waals surface area contributed by atoms with Gasteiger partial charge in [-0.2, -0.15) is 10.4 Å². The van der Waals surface area contributed by atoms with E-state index in [4.69, 9.17) is 5.26 Å². The molecule has 0 saturated heterocycles. The maximum atomic E-state index is 12.6. The summed E-state index contributed by atoms with van der Waals surface area (Å²) in [6, 6.07) is 5.04. The molecule has 3 aromatic heterocycles. The zero-order valence-electron chi connectivity index (χ0n) is 12.8. The number of H-pyrrole nitrogens is 1. The molecule has 0 saturated carbocycles. The van der Waals surface area contributed by atoms with Crippen LogP contribution < -0.4 is 11.1 Å². The summed E-state index contributed by atoms with van der Waals surface area (Å²) < 4.78 is 3.36. The highest BCUT2D eigenvalue weighted by atomic mass is 16.1. The number of aromatic nitrogens is 4. The highest BCUT2D eigenvalue weighted by Crippen LogP contribution is 2.09. The average Bonchev–Trinajstić information content (AvgIpc) is 2.99. The molecule has 7 heteroatoms. The van der Waals surface area contributed by atoms with Gasteiger partial charge < -0.3 is 9.55 Å². The summed E-state index contributed by atoms with van der Waals surface area (Å²) in [5.41, 5.74) is 0.515. The van der Waals surface area contributed by atoms with Crippen LogP contribution in [0.25, 0.3) is 10.9 Å². The molecule has 0 radical (unpaired) electrons. The molecule has 23 heavy (non-hydrogen) atoms. The normalized spacial score (nSPS) is 11.0. The van der Waals surface area contributed by atoms with E-state index in [2.05, 4.69) is 10.1 Å². The van der Waals surface area contributed by atoms with Crippen LogP contribution >= 0.6 is 0 Å². The largest absolute Gasteiger partial charge is 0.321 e. The molecule has 0 atom stereocenters. The van der Waals surface area contributed by atoms with Crippen molar-refractivity contribution in [1.82, 2.24) is 19.3 Å². The maximum Gasteiger partial charge on any atom is 0.266 e. The monoisotopic (exact) mass is 309 g/mol. The SMILES string of the molecule is CC(C)n1cc(Cn2ccc3[nH]c(=O)c(C#N)cc3c2=O)cn1. The third-order valence-electron chi connectivity index (χ3n) is 3.64. The van der Waals surface area contributed by atoms with Crippen molar-refractivity contribution in [2.24, 2.45) is 0 Å². The maximum absolute atomic E-state index is 12.6. The number of nitrogens with one attached hydrogen (secondary N) is 1. The number of nitrogens with zero attached hydrogens (tertiary/aromatic N) is 4. The van der Waals surface area contributed by atoms with Gasteiger partial charge >= 0.3 is 0 Å². The Labute approximate surface area is 131 Å². The minimum absolute atomic E-state index is 0.0695.